The van der Waals surface area contributed by atoms with Gasteiger partial charge in [0.25, 0.3) is 0 Å². The van der Waals surface area contributed by atoms with E-state index in [1.54, 1.807) is 0 Å². The van der Waals surface area contributed by atoms with Crippen LogP contribution in [0.5, 0.6) is 0 Å². The van der Waals surface area contributed by atoms with Gasteiger partial charge in [-0.05, 0) is 0 Å². The van der Waals surface area contributed by atoms with Crippen molar-refractivity contribution in [2.45, 2.75) is 58.3 Å². The number of rotatable bonds is 8. The summed E-state index contributed by atoms with van der Waals surface area (Å²) in [7, 11) is 0. The van der Waals surface area contributed by atoms with Crippen molar-refractivity contribution in [2.24, 2.45) is 0 Å². The lowest BCUT2D eigenvalue weighted by atomic mass is 9.98. The molecule has 0 aromatic carbocycles. The Balaban J connectivity index is 3.32. The van der Waals surface area contributed by atoms with Crippen molar-refractivity contribution in [1.29, 1.82) is 0 Å². The Morgan fingerprint density at radius 2 is 1.44 bits per heavy atom. The molecule has 1 rings (SSSR count). The molecule has 0 aliphatic carbocycles. The molecule has 1 heterocycles. The lowest BCUT2D eigenvalue weighted by Gasteiger charge is -2.44. The first-order valence-corrected chi connectivity index (χ1v) is 8.67. The third-order valence-corrected chi connectivity index (χ3v) is 3.49. The molecule has 0 aromatic heterocycles. The van der Waals surface area contributed by atoms with E-state index in [9.17, 15) is 19.2 Å². The quantitative estimate of drug-likeness (QED) is 0.288. The van der Waals surface area contributed by atoms with E-state index in [-0.39, 0.29) is 6.61 Å². The van der Waals surface area contributed by atoms with Crippen LogP contribution < -0.4 is 0 Å². The number of halogens is 1. The molecule has 0 saturated carbocycles. The van der Waals surface area contributed by atoms with E-state index < -0.39 is 88.8 Å². The molecular weight excluding hydrogens is 432 g/mol. The molecule has 0 amide bonds. The minimum absolute atomic E-state index is 0.0507. The second kappa shape index (κ2) is 11.2. The van der Waals surface area contributed by atoms with Gasteiger partial charge in [0.2, 0.25) is 0 Å². The minimum Gasteiger partial charge on any atom is -0.463 e. The summed E-state index contributed by atoms with van der Waals surface area (Å²) in [6, 6.07) is 0. The first-order valence-electron chi connectivity index (χ1n) is 10.4. The molecule has 0 aromatic rings. The number of carbonyl (C=O) groups excluding carboxylic acids is 4. The predicted molar refractivity (Wildman–Crippen MR) is 91.7 cm³/mol. The fourth-order valence-electron chi connectivity index (χ4n) is 2.34. The third-order valence-electron chi connectivity index (χ3n) is 3.16. The van der Waals surface area contributed by atoms with E-state index >= 15 is 0 Å². The normalized spacial score (nSPS) is 29.3. The Kier molecular flexibility index (Phi) is 7.21. The van der Waals surface area contributed by atoms with E-state index in [0.717, 1.165) is 0 Å². The van der Waals surface area contributed by atoms with Crippen LogP contribution >= 0.6 is 15.9 Å². The van der Waals surface area contributed by atoms with Gasteiger partial charge in [-0.2, -0.15) is 0 Å². The molecule has 10 nitrogen and oxygen atoms in total. The summed E-state index contributed by atoms with van der Waals surface area (Å²) >= 11 is 3.15. The maximum Gasteiger partial charge on any atom is 0.303 e. The van der Waals surface area contributed by atoms with Crippen molar-refractivity contribution < 1.29 is 53.1 Å². The molecule has 5 atom stereocenters. The Labute approximate surface area is 170 Å². The van der Waals surface area contributed by atoms with Gasteiger partial charge in [-0.3, -0.25) is 19.2 Å². The molecular formula is C16H23BrO10. The topological polar surface area (TPSA) is 124 Å². The summed E-state index contributed by atoms with van der Waals surface area (Å²) in [4.78, 5) is 46.9. The number of hydrogen-bond donors (Lipinski definition) is 0. The van der Waals surface area contributed by atoms with E-state index in [1.807, 2.05) is 0 Å². The maximum absolute atomic E-state index is 11.9. The van der Waals surface area contributed by atoms with E-state index in [2.05, 4.69) is 15.9 Å². The molecule has 1 fully saturated rings. The maximum atomic E-state index is 11.9. The highest BCUT2D eigenvalue weighted by atomic mass is 79.9. The van der Waals surface area contributed by atoms with Gasteiger partial charge in [0.05, 0.1) is 6.61 Å². The second-order valence-electron chi connectivity index (χ2n) is 5.15. The lowest BCUT2D eigenvalue weighted by Crippen LogP contribution is -2.63. The van der Waals surface area contributed by atoms with Crippen LogP contribution in [0.4, 0.5) is 0 Å². The Hall–Kier alpha value is -1.72. The first kappa shape index (κ1) is 17.4. The van der Waals surface area contributed by atoms with Crippen molar-refractivity contribution in [3.05, 3.63) is 0 Å². The average molecular weight is 459 g/mol. The smallest absolute Gasteiger partial charge is 0.303 e. The van der Waals surface area contributed by atoms with Crippen LogP contribution in [0.15, 0.2) is 0 Å². The molecule has 11 heteroatoms. The first-order chi connectivity index (χ1) is 14.8. The summed E-state index contributed by atoms with van der Waals surface area (Å²) in [6.07, 6.45) is -7.18. The molecule has 1 saturated heterocycles. The SMILES string of the molecule is [2H]CC(=O)OC[C@H]1OC(OCCBr)[C@@H](OC(=O)C[2H])[C@@H](OC(=O)C[2H])[C@@H]1OC(=O)C[2H]. The molecule has 0 bridgehead atoms. The van der Waals surface area contributed by atoms with Crippen molar-refractivity contribution in [3.63, 3.8) is 0 Å². The average Bonchev–Trinajstić information content (AvgIpc) is 2.78. The zero-order chi connectivity index (χ0) is 23.4. The Morgan fingerprint density at radius 3 is 2.00 bits per heavy atom. The summed E-state index contributed by atoms with van der Waals surface area (Å²) in [5.41, 5.74) is 0. The van der Waals surface area contributed by atoms with E-state index in [0.29, 0.717) is 5.33 Å². The van der Waals surface area contributed by atoms with Crippen LogP contribution in [0, 0.1) is 0 Å². The Morgan fingerprint density at radius 1 is 0.889 bits per heavy atom. The molecule has 0 N–H and O–H groups in total. The van der Waals surface area contributed by atoms with Gasteiger partial charge in [-0.25, -0.2) is 0 Å². The van der Waals surface area contributed by atoms with Gasteiger partial charge in [0.15, 0.2) is 24.6 Å². The zero-order valence-corrected chi connectivity index (χ0v) is 15.9. The van der Waals surface area contributed by atoms with E-state index in [4.69, 9.17) is 33.9 Å². The van der Waals surface area contributed by atoms with Gasteiger partial charge >= 0.3 is 23.9 Å². The van der Waals surface area contributed by atoms with Gasteiger partial charge < -0.3 is 28.4 Å². The summed E-state index contributed by atoms with van der Waals surface area (Å²) in [5, 5.41) is 0.346. The molecule has 1 aliphatic heterocycles. The van der Waals surface area contributed by atoms with Crippen molar-refractivity contribution in [1.82, 2.24) is 0 Å². The number of ether oxygens (including phenoxy) is 6. The van der Waals surface area contributed by atoms with Gasteiger partial charge in [0, 0.05) is 38.4 Å². The van der Waals surface area contributed by atoms with Crippen LogP contribution in [0.3, 0.4) is 0 Å². The van der Waals surface area contributed by atoms with Crippen LogP contribution in [-0.4, -0.2) is 73.1 Å². The summed E-state index contributed by atoms with van der Waals surface area (Å²) < 4.78 is 60.0. The molecule has 0 radical (unpaired) electrons. The van der Waals surface area contributed by atoms with Crippen LogP contribution in [-0.2, 0) is 47.6 Å². The van der Waals surface area contributed by atoms with Crippen molar-refractivity contribution >= 4 is 39.8 Å². The molecule has 1 unspecified atom stereocenters. The van der Waals surface area contributed by atoms with Gasteiger partial charge in [-0.15, -0.1) is 0 Å². The molecule has 27 heavy (non-hydrogen) atoms. The van der Waals surface area contributed by atoms with E-state index in [1.165, 1.54) is 0 Å². The number of carbonyl (C=O) groups is 4. The molecule has 0 spiro atoms. The largest absolute Gasteiger partial charge is 0.463 e. The highest BCUT2D eigenvalue weighted by Gasteiger charge is 2.52. The van der Waals surface area contributed by atoms with Crippen LogP contribution in [0.1, 0.15) is 33.1 Å². The second-order valence-corrected chi connectivity index (χ2v) is 5.94. The zero-order valence-electron chi connectivity index (χ0n) is 18.3. The lowest BCUT2D eigenvalue weighted by molar-refractivity contribution is -0.306. The fraction of sp³-hybridized carbons (Fsp3) is 0.750. The van der Waals surface area contributed by atoms with Crippen LogP contribution in [0.2, 0.25) is 0 Å². The van der Waals surface area contributed by atoms with Gasteiger partial charge in [0.1, 0.15) is 12.7 Å². The number of esters is 4. The molecule has 1 aliphatic rings. The highest BCUT2D eigenvalue weighted by Crippen LogP contribution is 2.29. The predicted octanol–water partition coefficient (Wildman–Crippen LogP) is 0.481. The molecule has 154 valence electrons. The monoisotopic (exact) mass is 458 g/mol. The third kappa shape index (κ3) is 7.81. The number of alkyl halides is 1. The summed E-state index contributed by atoms with van der Waals surface area (Å²) in [5.74, 6) is -4.01. The highest BCUT2D eigenvalue weighted by molar-refractivity contribution is 9.09. The summed E-state index contributed by atoms with van der Waals surface area (Å²) in [6.45, 7) is -3.54. The fourth-order valence-corrected chi connectivity index (χ4v) is 2.53. The van der Waals surface area contributed by atoms with Crippen molar-refractivity contribution in [3.8, 4) is 0 Å². The van der Waals surface area contributed by atoms with Crippen molar-refractivity contribution in [2.75, 3.05) is 18.5 Å². The Bertz CT molecular complexity index is 625. The van der Waals surface area contributed by atoms with Gasteiger partial charge in [-0.1, -0.05) is 15.9 Å². The van der Waals surface area contributed by atoms with Crippen LogP contribution in [0.25, 0.3) is 0 Å². The standard InChI is InChI=1S/C16H23BrO10/c1-8(18)23-7-12-13(24-9(2)19)14(25-10(3)20)15(26-11(4)21)16(27-12)22-6-5-17/h12-16H,5-7H2,1-4H3/t12-,13-,14+,15+,16?/m1/s1/i1D,2D,3D,4D. The number of hydrogen-bond acceptors (Lipinski definition) is 10. The minimum atomic E-state index is -1.54.